The normalized spacial score (nSPS) is 12.5. The Bertz CT molecular complexity index is 484. The van der Waals surface area contributed by atoms with Gasteiger partial charge in [0, 0.05) is 4.90 Å². The lowest BCUT2D eigenvalue weighted by Crippen LogP contribution is -2.19. The second-order valence-electron chi connectivity index (χ2n) is 4.15. The van der Waals surface area contributed by atoms with E-state index in [-0.39, 0.29) is 0 Å². The SMILES string of the molecule is CCNC(CC)c1nnc(CSc2ccccc2)s1. The smallest absolute Gasteiger partial charge is 0.134 e. The first-order valence-electron chi connectivity index (χ1n) is 6.57. The number of hydrogen-bond donors (Lipinski definition) is 1. The standard InChI is InChI=1S/C14H19N3S2/c1-3-12(15-4-2)14-17-16-13(19-14)10-18-11-8-6-5-7-9-11/h5-9,12,15H,3-4,10H2,1-2H3. The van der Waals surface area contributed by atoms with Crippen molar-refractivity contribution in [2.24, 2.45) is 0 Å². The van der Waals surface area contributed by atoms with Gasteiger partial charge in [-0.2, -0.15) is 0 Å². The van der Waals surface area contributed by atoms with E-state index < -0.39 is 0 Å². The molecule has 2 aromatic rings. The van der Waals surface area contributed by atoms with Crippen LogP contribution in [-0.2, 0) is 5.75 Å². The largest absolute Gasteiger partial charge is 0.308 e. The summed E-state index contributed by atoms with van der Waals surface area (Å²) in [5, 5.41) is 14.2. The lowest BCUT2D eigenvalue weighted by Gasteiger charge is -2.10. The van der Waals surface area contributed by atoms with Crippen LogP contribution in [0, 0.1) is 0 Å². The van der Waals surface area contributed by atoms with E-state index in [2.05, 4.69) is 53.6 Å². The summed E-state index contributed by atoms with van der Waals surface area (Å²) in [4.78, 5) is 1.28. The minimum Gasteiger partial charge on any atom is -0.308 e. The molecule has 1 heterocycles. The van der Waals surface area contributed by atoms with Crippen molar-refractivity contribution in [1.82, 2.24) is 15.5 Å². The molecule has 0 saturated carbocycles. The Hall–Kier alpha value is -0.910. The fraction of sp³-hybridized carbons (Fsp3) is 0.429. The Morgan fingerprint density at radius 1 is 1.21 bits per heavy atom. The summed E-state index contributed by atoms with van der Waals surface area (Å²) in [6.45, 7) is 5.26. The van der Waals surface area contributed by atoms with Gasteiger partial charge in [-0.05, 0) is 25.1 Å². The maximum absolute atomic E-state index is 4.31. The average molecular weight is 293 g/mol. The topological polar surface area (TPSA) is 37.8 Å². The molecule has 1 atom stereocenters. The summed E-state index contributed by atoms with van der Waals surface area (Å²) in [7, 11) is 0. The van der Waals surface area contributed by atoms with Crippen LogP contribution < -0.4 is 5.32 Å². The predicted molar refractivity (Wildman–Crippen MR) is 82.6 cm³/mol. The first kappa shape index (κ1) is 14.5. The van der Waals surface area contributed by atoms with Crippen LogP contribution >= 0.6 is 23.1 Å². The van der Waals surface area contributed by atoms with Gasteiger partial charge in [-0.25, -0.2) is 0 Å². The van der Waals surface area contributed by atoms with E-state index in [4.69, 9.17) is 0 Å². The van der Waals surface area contributed by atoms with Crippen LogP contribution in [0.3, 0.4) is 0 Å². The zero-order chi connectivity index (χ0) is 13.5. The summed E-state index contributed by atoms with van der Waals surface area (Å²) in [5.74, 6) is 0.893. The van der Waals surface area contributed by atoms with Gasteiger partial charge in [-0.1, -0.05) is 43.4 Å². The van der Waals surface area contributed by atoms with Crippen LogP contribution in [0.5, 0.6) is 0 Å². The zero-order valence-corrected chi connectivity index (χ0v) is 12.9. The second kappa shape index (κ2) is 7.62. The number of rotatable bonds is 7. The van der Waals surface area contributed by atoms with Crippen LogP contribution in [0.4, 0.5) is 0 Å². The zero-order valence-electron chi connectivity index (χ0n) is 11.3. The third-order valence-corrected chi connectivity index (χ3v) is 4.99. The molecule has 0 spiro atoms. The van der Waals surface area contributed by atoms with Crippen LogP contribution in [0.15, 0.2) is 35.2 Å². The van der Waals surface area contributed by atoms with Crippen LogP contribution in [0.25, 0.3) is 0 Å². The highest BCUT2D eigenvalue weighted by Crippen LogP contribution is 2.26. The molecule has 3 nitrogen and oxygen atoms in total. The number of benzene rings is 1. The Morgan fingerprint density at radius 2 is 2.00 bits per heavy atom. The third kappa shape index (κ3) is 4.30. The summed E-state index contributed by atoms with van der Waals surface area (Å²) in [6.07, 6.45) is 1.05. The van der Waals surface area contributed by atoms with Gasteiger partial charge >= 0.3 is 0 Å². The molecular formula is C14H19N3S2. The second-order valence-corrected chi connectivity index (χ2v) is 6.30. The quantitative estimate of drug-likeness (QED) is 0.786. The highest BCUT2D eigenvalue weighted by molar-refractivity contribution is 7.98. The summed E-state index contributed by atoms with van der Waals surface area (Å²) < 4.78 is 0. The maximum Gasteiger partial charge on any atom is 0.134 e. The monoisotopic (exact) mass is 293 g/mol. The molecule has 19 heavy (non-hydrogen) atoms. The van der Waals surface area contributed by atoms with Crippen molar-refractivity contribution < 1.29 is 0 Å². The minimum atomic E-state index is 0.345. The van der Waals surface area contributed by atoms with Crippen molar-refractivity contribution in [3.63, 3.8) is 0 Å². The van der Waals surface area contributed by atoms with Gasteiger partial charge in [-0.3, -0.25) is 0 Å². The first-order valence-corrected chi connectivity index (χ1v) is 8.37. The molecule has 0 aliphatic heterocycles. The molecular weight excluding hydrogens is 274 g/mol. The van der Waals surface area contributed by atoms with E-state index in [1.165, 1.54) is 4.90 Å². The number of aromatic nitrogens is 2. The average Bonchev–Trinajstić information content (AvgIpc) is 2.92. The first-order chi connectivity index (χ1) is 9.33. The van der Waals surface area contributed by atoms with Crippen LogP contribution in [0.2, 0.25) is 0 Å². The van der Waals surface area contributed by atoms with E-state index in [0.717, 1.165) is 28.7 Å². The highest BCUT2D eigenvalue weighted by Gasteiger charge is 2.13. The molecule has 0 radical (unpaired) electrons. The van der Waals surface area contributed by atoms with Gasteiger partial charge in [0.05, 0.1) is 11.8 Å². The fourth-order valence-corrected chi connectivity index (χ4v) is 3.69. The van der Waals surface area contributed by atoms with Crippen molar-refractivity contribution in [3.8, 4) is 0 Å². The number of nitrogens with one attached hydrogen (secondary N) is 1. The molecule has 0 saturated heterocycles. The van der Waals surface area contributed by atoms with Crippen LogP contribution in [0.1, 0.15) is 36.3 Å². The van der Waals surface area contributed by atoms with E-state index >= 15 is 0 Å². The molecule has 1 aromatic carbocycles. The molecule has 0 aliphatic carbocycles. The summed E-state index contributed by atoms with van der Waals surface area (Å²) >= 11 is 3.53. The molecule has 1 aromatic heterocycles. The van der Waals surface area contributed by atoms with Crippen molar-refractivity contribution in [1.29, 1.82) is 0 Å². The van der Waals surface area contributed by atoms with Gasteiger partial charge in [-0.15, -0.1) is 22.0 Å². The molecule has 0 bridgehead atoms. The van der Waals surface area contributed by atoms with Gasteiger partial charge in [0.25, 0.3) is 0 Å². The fourth-order valence-electron chi connectivity index (χ4n) is 1.78. The summed E-state index contributed by atoms with van der Waals surface area (Å²) in [6, 6.07) is 10.8. The van der Waals surface area contributed by atoms with Crippen molar-refractivity contribution in [2.45, 2.75) is 37.0 Å². The van der Waals surface area contributed by atoms with E-state index in [9.17, 15) is 0 Å². The van der Waals surface area contributed by atoms with Gasteiger partial charge in [0.15, 0.2) is 0 Å². The Labute approximate surface area is 122 Å². The van der Waals surface area contributed by atoms with Crippen molar-refractivity contribution >= 4 is 23.1 Å². The molecule has 5 heteroatoms. The Balaban J connectivity index is 1.93. The molecule has 2 rings (SSSR count). The van der Waals surface area contributed by atoms with E-state index in [1.807, 2.05) is 17.8 Å². The van der Waals surface area contributed by atoms with Gasteiger partial charge < -0.3 is 5.32 Å². The molecule has 102 valence electrons. The molecule has 0 amide bonds. The van der Waals surface area contributed by atoms with Crippen molar-refractivity contribution in [3.05, 3.63) is 40.3 Å². The highest BCUT2D eigenvalue weighted by atomic mass is 32.2. The molecule has 0 aliphatic rings. The van der Waals surface area contributed by atoms with E-state index in [0.29, 0.717) is 6.04 Å². The number of thioether (sulfide) groups is 1. The van der Waals surface area contributed by atoms with Crippen LogP contribution in [-0.4, -0.2) is 16.7 Å². The lowest BCUT2D eigenvalue weighted by atomic mass is 10.2. The summed E-state index contributed by atoms with van der Waals surface area (Å²) in [5.41, 5.74) is 0. The minimum absolute atomic E-state index is 0.345. The molecule has 1 unspecified atom stereocenters. The molecule has 1 N–H and O–H groups in total. The van der Waals surface area contributed by atoms with E-state index in [1.54, 1.807) is 11.3 Å². The van der Waals surface area contributed by atoms with Gasteiger partial charge in [0.2, 0.25) is 0 Å². The maximum atomic E-state index is 4.31. The Morgan fingerprint density at radius 3 is 2.68 bits per heavy atom. The van der Waals surface area contributed by atoms with Gasteiger partial charge in [0.1, 0.15) is 10.0 Å². The number of nitrogens with zero attached hydrogens (tertiary/aromatic N) is 2. The molecule has 0 fully saturated rings. The van der Waals surface area contributed by atoms with Crippen molar-refractivity contribution in [2.75, 3.05) is 6.54 Å². The lowest BCUT2D eigenvalue weighted by molar-refractivity contribution is 0.531. The third-order valence-electron chi connectivity index (χ3n) is 2.74. The number of hydrogen-bond acceptors (Lipinski definition) is 5. The predicted octanol–water partition coefficient (Wildman–Crippen LogP) is 3.89. The Kier molecular flexibility index (Phi) is 5.82.